The Hall–Kier alpha value is -1.07. The van der Waals surface area contributed by atoms with E-state index in [9.17, 15) is 9.90 Å². The van der Waals surface area contributed by atoms with Crippen LogP contribution in [-0.2, 0) is 4.79 Å². The topological polar surface area (TPSA) is 49.8 Å². The summed E-state index contributed by atoms with van der Waals surface area (Å²) >= 11 is 3.41. The van der Waals surface area contributed by atoms with Crippen molar-refractivity contribution in [3.05, 3.63) is 22.7 Å². The monoisotopic (exact) mass is 311 g/mol. The molecule has 96 valence electrons. The van der Waals surface area contributed by atoms with Crippen LogP contribution in [0.15, 0.2) is 22.7 Å². The minimum atomic E-state index is -0.432. The third-order valence-corrected chi connectivity index (χ3v) is 4.07. The van der Waals surface area contributed by atoms with Crippen LogP contribution in [0, 0.1) is 0 Å². The van der Waals surface area contributed by atoms with E-state index in [0.29, 0.717) is 5.75 Å². The molecule has 0 unspecified atom stereocenters. The number of carbonyl (C=O) groups excluding carboxylic acids is 1. The van der Waals surface area contributed by atoms with E-state index in [1.165, 1.54) is 0 Å². The number of halogens is 1. The van der Waals surface area contributed by atoms with Gasteiger partial charge in [-0.25, -0.2) is 0 Å². The second-order valence-corrected chi connectivity index (χ2v) is 5.65. The second kappa shape index (κ2) is 4.55. The van der Waals surface area contributed by atoms with Gasteiger partial charge in [-0.3, -0.25) is 4.79 Å². The Kier molecular flexibility index (Phi) is 3.03. The molecule has 1 aromatic rings. The van der Waals surface area contributed by atoms with Crippen molar-refractivity contribution in [3.8, 4) is 5.75 Å². The molecule has 4 nitrogen and oxygen atoms in total. The van der Waals surface area contributed by atoms with Gasteiger partial charge in [-0.15, -0.1) is 0 Å². The molecule has 5 heteroatoms. The Morgan fingerprint density at radius 1 is 1.39 bits per heavy atom. The summed E-state index contributed by atoms with van der Waals surface area (Å²) in [5.41, 5.74) is 0.756. The molecule has 0 spiro atoms. The first-order valence-electron chi connectivity index (χ1n) is 6.09. The number of fused-ring (bicyclic) bond motifs is 1. The highest BCUT2D eigenvalue weighted by molar-refractivity contribution is 9.10. The second-order valence-electron chi connectivity index (χ2n) is 4.73. The van der Waals surface area contributed by atoms with E-state index < -0.39 is 6.10 Å². The highest BCUT2D eigenvalue weighted by atomic mass is 79.9. The quantitative estimate of drug-likeness (QED) is 0.864. The standard InChI is InChI=1S/C13H14BrNO3/c14-8-4-5-12-10(6-8)15(13(17)7-18-12)9-2-1-3-11(9)16/h4-6,9,11,16H,1-3,7H2/t9-,11-/m0/s1. The maximum absolute atomic E-state index is 12.1. The number of carbonyl (C=O) groups is 1. The first-order valence-corrected chi connectivity index (χ1v) is 6.88. The molecule has 2 atom stereocenters. The number of rotatable bonds is 1. The number of amides is 1. The van der Waals surface area contributed by atoms with Gasteiger partial charge in [0, 0.05) is 4.47 Å². The van der Waals surface area contributed by atoms with Crippen molar-refractivity contribution < 1.29 is 14.6 Å². The van der Waals surface area contributed by atoms with Gasteiger partial charge in [-0.2, -0.15) is 0 Å². The first-order chi connectivity index (χ1) is 8.66. The van der Waals surface area contributed by atoms with Gasteiger partial charge in [0.05, 0.1) is 17.8 Å². The molecular formula is C13H14BrNO3. The highest BCUT2D eigenvalue weighted by Crippen LogP contribution is 2.38. The van der Waals surface area contributed by atoms with Crippen molar-refractivity contribution in [3.63, 3.8) is 0 Å². The van der Waals surface area contributed by atoms with E-state index >= 15 is 0 Å². The van der Waals surface area contributed by atoms with Crippen LogP contribution in [0.5, 0.6) is 5.75 Å². The Bertz CT molecular complexity index is 491. The van der Waals surface area contributed by atoms with Crippen LogP contribution < -0.4 is 9.64 Å². The van der Waals surface area contributed by atoms with Gasteiger partial charge >= 0.3 is 0 Å². The summed E-state index contributed by atoms with van der Waals surface area (Å²) < 4.78 is 6.32. The lowest BCUT2D eigenvalue weighted by Gasteiger charge is -2.35. The molecular weight excluding hydrogens is 298 g/mol. The van der Waals surface area contributed by atoms with Crippen molar-refractivity contribution >= 4 is 27.5 Å². The molecule has 1 N–H and O–H groups in total. The summed E-state index contributed by atoms with van der Waals surface area (Å²) in [7, 11) is 0. The van der Waals surface area contributed by atoms with Crippen molar-refractivity contribution in [1.82, 2.24) is 0 Å². The number of aliphatic hydroxyl groups excluding tert-OH is 1. The van der Waals surface area contributed by atoms with E-state index in [1.54, 1.807) is 4.90 Å². The fourth-order valence-electron chi connectivity index (χ4n) is 2.73. The van der Waals surface area contributed by atoms with Crippen molar-refractivity contribution in [1.29, 1.82) is 0 Å². The molecule has 1 fully saturated rings. The number of hydrogen-bond donors (Lipinski definition) is 1. The van der Waals surface area contributed by atoms with Gasteiger partial charge in [-0.1, -0.05) is 15.9 Å². The summed E-state index contributed by atoms with van der Waals surface area (Å²) in [4.78, 5) is 13.8. The Balaban J connectivity index is 2.03. The fourth-order valence-corrected chi connectivity index (χ4v) is 3.08. The number of aliphatic hydroxyl groups is 1. The average molecular weight is 312 g/mol. The molecule has 1 amide bonds. The summed E-state index contributed by atoms with van der Waals surface area (Å²) in [6, 6.07) is 5.49. The highest BCUT2D eigenvalue weighted by Gasteiger charge is 2.38. The van der Waals surface area contributed by atoms with Crippen LogP contribution in [0.25, 0.3) is 0 Å². The van der Waals surface area contributed by atoms with Gasteiger partial charge in [0.1, 0.15) is 5.75 Å². The maximum atomic E-state index is 12.1. The average Bonchev–Trinajstić information content (AvgIpc) is 2.75. The van der Waals surface area contributed by atoms with Crippen LogP contribution in [0.1, 0.15) is 19.3 Å². The number of ether oxygens (including phenoxy) is 1. The first kappa shape index (κ1) is 12.0. The number of benzene rings is 1. The summed E-state index contributed by atoms with van der Waals surface area (Å²) in [6.45, 7) is 0.0534. The summed E-state index contributed by atoms with van der Waals surface area (Å²) in [5, 5.41) is 10.0. The van der Waals surface area contributed by atoms with Crippen LogP contribution in [-0.4, -0.2) is 29.8 Å². The van der Waals surface area contributed by atoms with Gasteiger partial charge in [0.15, 0.2) is 6.61 Å². The van der Waals surface area contributed by atoms with E-state index in [2.05, 4.69) is 15.9 Å². The Morgan fingerprint density at radius 3 is 2.94 bits per heavy atom. The number of anilines is 1. The van der Waals surface area contributed by atoms with Crippen molar-refractivity contribution in [2.75, 3.05) is 11.5 Å². The largest absolute Gasteiger partial charge is 0.482 e. The molecule has 18 heavy (non-hydrogen) atoms. The zero-order valence-corrected chi connectivity index (χ0v) is 11.4. The SMILES string of the molecule is O=C1COc2ccc(Br)cc2N1[C@H]1CCC[C@@H]1O. The van der Waals surface area contributed by atoms with Crippen LogP contribution in [0.2, 0.25) is 0 Å². The lowest BCUT2D eigenvalue weighted by atomic mass is 10.1. The lowest BCUT2D eigenvalue weighted by Crippen LogP contribution is -2.48. The minimum absolute atomic E-state index is 0.0534. The van der Waals surface area contributed by atoms with E-state index in [0.717, 1.165) is 29.4 Å². The fraction of sp³-hybridized carbons (Fsp3) is 0.462. The zero-order valence-electron chi connectivity index (χ0n) is 9.80. The number of nitrogens with zero attached hydrogens (tertiary/aromatic N) is 1. The van der Waals surface area contributed by atoms with E-state index in [1.807, 2.05) is 18.2 Å². The van der Waals surface area contributed by atoms with Crippen molar-refractivity contribution in [2.45, 2.75) is 31.4 Å². The minimum Gasteiger partial charge on any atom is -0.482 e. The Labute approximate surface area is 114 Å². The molecule has 0 bridgehead atoms. The maximum Gasteiger partial charge on any atom is 0.265 e. The van der Waals surface area contributed by atoms with Crippen LogP contribution >= 0.6 is 15.9 Å². The molecule has 2 aliphatic rings. The molecule has 1 heterocycles. The van der Waals surface area contributed by atoms with Gasteiger partial charge in [0.25, 0.3) is 5.91 Å². The van der Waals surface area contributed by atoms with E-state index in [-0.39, 0.29) is 18.6 Å². The molecule has 1 aromatic carbocycles. The molecule has 0 aromatic heterocycles. The van der Waals surface area contributed by atoms with Crippen LogP contribution in [0.4, 0.5) is 5.69 Å². The molecule has 0 saturated heterocycles. The third kappa shape index (κ3) is 1.91. The lowest BCUT2D eigenvalue weighted by molar-refractivity contribution is -0.122. The van der Waals surface area contributed by atoms with Gasteiger partial charge in [0.2, 0.25) is 0 Å². The smallest absolute Gasteiger partial charge is 0.265 e. The van der Waals surface area contributed by atoms with Gasteiger partial charge in [-0.05, 0) is 37.5 Å². The van der Waals surface area contributed by atoms with Gasteiger partial charge < -0.3 is 14.7 Å². The predicted octanol–water partition coefficient (Wildman–Crippen LogP) is 2.09. The normalized spacial score (nSPS) is 27.0. The van der Waals surface area contributed by atoms with Crippen LogP contribution in [0.3, 0.4) is 0 Å². The third-order valence-electron chi connectivity index (χ3n) is 3.58. The molecule has 3 rings (SSSR count). The summed E-state index contributed by atoms with van der Waals surface area (Å²) in [5.74, 6) is 0.628. The molecule has 1 saturated carbocycles. The van der Waals surface area contributed by atoms with E-state index in [4.69, 9.17) is 4.74 Å². The van der Waals surface area contributed by atoms with Crippen molar-refractivity contribution in [2.24, 2.45) is 0 Å². The molecule has 1 aliphatic heterocycles. The number of hydrogen-bond acceptors (Lipinski definition) is 3. The molecule has 0 radical (unpaired) electrons. The Morgan fingerprint density at radius 2 is 2.22 bits per heavy atom. The zero-order chi connectivity index (χ0) is 12.7. The molecule has 1 aliphatic carbocycles. The summed E-state index contributed by atoms with van der Waals surface area (Å²) in [6.07, 6.45) is 2.14. The predicted molar refractivity (Wildman–Crippen MR) is 70.8 cm³/mol.